The molecule has 2 aromatic heterocycles. The van der Waals surface area contributed by atoms with Crippen molar-refractivity contribution in [2.45, 2.75) is 44.2 Å². The zero-order chi connectivity index (χ0) is 24.2. The van der Waals surface area contributed by atoms with E-state index in [2.05, 4.69) is 20.2 Å². The number of amides is 1. The molecule has 2 N–H and O–H groups in total. The fraction of sp³-hybridized carbons (Fsp3) is 0.321. The van der Waals surface area contributed by atoms with E-state index in [-0.39, 0.29) is 12.0 Å². The minimum absolute atomic E-state index is 0.214. The number of para-hydroxylation sites is 1. The quantitative estimate of drug-likeness (QED) is 0.567. The average molecular weight is 471 g/mol. The lowest BCUT2D eigenvalue weighted by Crippen LogP contribution is -2.38. The molecule has 1 aromatic carbocycles. The zero-order valence-corrected chi connectivity index (χ0v) is 19.9. The summed E-state index contributed by atoms with van der Waals surface area (Å²) in [5.41, 5.74) is 3.97. The van der Waals surface area contributed by atoms with Gasteiger partial charge in [0, 0.05) is 42.1 Å². The number of hydrogen-bond acceptors (Lipinski definition) is 6. The molecule has 2 atom stereocenters. The van der Waals surface area contributed by atoms with Crippen LogP contribution in [0.1, 0.15) is 47.3 Å². The number of nitrogens with one attached hydrogen (secondary N) is 1. The largest absolute Gasteiger partial charge is 0.481 e. The number of aromatic nitrogens is 2. The number of carbonyl (C=O) groups excluding carboxylic acids is 1. The zero-order valence-electron chi connectivity index (χ0n) is 19.9. The van der Waals surface area contributed by atoms with Crippen molar-refractivity contribution in [3.63, 3.8) is 0 Å². The average Bonchev–Trinajstić information content (AvgIpc) is 2.89. The third-order valence-electron chi connectivity index (χ3n) is 6.75. The number of methoxy groups -OCH3 is 1. The van der Waals surface area contributed by atoms with Crippen LogP contribution in [0.2, 0.25) is 0 Å². The van der Waals surface area contributed by atoms with Gasteiger partial charge in [-0.25, -0.2) is 9.97 Å². The molecule has 3 aromatic rings. The summed E-state index contributed by atoms with van der Waals surface area (Å²) < 4.78 is 5.16. The number of ether oxygens (including phenoxy) is 1. The van der Waals surface area contributed by atoms with Crippen LogP contribution in [0.25, 0.3) is 10.9 Å². The third-order valence-corrected chi connectivity index (χ3v) is 6.75. The Bertz CT molecular complexity index is 1270. The van der Waals surface area contributed by atoms with E-state index >= 15 is 0 Å². The van der Waals surface area contributed by atoms with Crippen LogP contribution in [0.5, 0.6) is 5.88 Å². The molecule has 0 saturated heterocycles. The number of pyridine rings is 2. The van der Waals surface area contributed by atoms with Crippen LogP contribution < -0.4 is 10.1 Å². The second-order valence-corrected chi connectivity index (χ2v) is 9.17. The number of allylic oxidation sites excluding steroid dienone is 1. The standard InChI is InChI=1S/C28H30N4O3/c1-35-27-10-9-19(18-29-27)15-20-16-26(31-25-8-3-2-7-24(20)25)28(34)30-21-11-13-32(14-12-21)22-5-4-6-23(33)17-22/h2-3,7-13,16,18,22-23,33H,4-6,14-15,17H2,1H3,(H,30,34)/t22?,23-/m1/s1. The van der Waals surface area contributed by atoms with E-state index in [4.69, 9.17) is 4.74 Å². The maximum atomic E-state index is 13.1. The molecule has 1 unspecified atom stereocenters. The molecule has 0 bridgehead atoms. The van der Waals surface area contributed by atoms with E-state index in [9.17, 15) is 9.90 Å². The molecule has 1 aliphatic heterocycles. The van der Waals surface area contributed by atoms with Crippen LogP contribution in [0.15, 0.2) is 72.7 Å². The topological polar surface area (TPSA) is 87.6 Å². The second kappa shape index (κ2) is 10.3. The molecule has 2 aliphatic rings. The van der Waals surface area contributed by atoms with Gasteiger partial charge in [-0.2, -0.15) is 0 Å². The Balaban J connectivity index is 1.32. The van der Waals surface area contributed by atoms with Gasteiger partial charge in [-0.15, -0.1) is 0 Å². The molecule has 1 saturated carbocycles. The molecule has 0 spiro atoms. The van der Waals surface area contributed by atoms with Crippen LogP contribution in [0, 0.1) is 0 Å². The number of benzene rings is 1. The first-order valence-electron chi connectivity index (χ1n) is 12.1. The second-order valence-electron chi connectivity index (χ2n) is 9.17. The number of aliphatic hydroxyl groups excluding tert-OH is 1. The Morgan fingerprint density at radius 3 is 2.86 bits per heavy atom. The molecule has 180 valence electrons. The van der Waals surface area contributed by atoms with Crippen molar-refractivity contribution >= 4 is 16.8 Å². The summed E-state index contributed by atoms with van der Waals surface area (Å²) in [6.45, 7) is 0.713. The van der Waals surface area contributed by atoms with Crippen molar-refractivity contribution in [3.8, 4) is 5.88 Å². The summed E-state index contributed by atoms with van der Waals surface area (Å²) in [4.78, 5) is 24.3. The van der Waals surface area contributed by atoms with Crippen molar-refractivity contribution in [2.75, 3.05) is 13.7 Å². The highest BCUT2D eigenvalue weighted by atomic mass is 16.5. The highest BCUT2D eigenvalue weighted by Gasteiger charge is 2.24. The Hall–Kier alpha value is -3.71. The van der Waals surface area contributed by atoms with Crippen molar-refractivity contribution in [3.05, 3.63) is 89.5 Å². The van der Waals surface area contributed by atoms with Gasteiger partial charge in [-0.3, -0.25) is 4.79 Å². The lowest BCUT2D eigenvalue weighted by Gasteiger charge is -2.36. The molecular weight excluding hydrogens is 440 g/mol. The molecule has 3 heterocycles. The SMILES string of the molecule is COc1ccc(Cc2cc(C(=O)NC3=CCN(C4CCC[C@@H](O)C4)C=C3)nc3ccccc23)cn1. The molecule has 0 radical (unpaired) electrons. The van der Waals surface area contributed by atoms with Crippen molar-refractivity contribution < 1.29 is 14.6 Å². The molecular formula is C28H30N4O3. The van der Waals surface area contributed by atoms with E-state index in [0.29, 0.717) is 30.6 Å². The lowest BCUT2D eigenvalue weighted by molar-refractivity contribution is 0.0834. The number of carbonyl (C=O) groups is 1. The van der Waals surface area contributed by atoms with Gasteiger partial charge >= 0.3 is 0 Å². The minimum atomic E-state index is -0.234. The Morgan fingerprint density at radius 2 is 2.11 bits per heavy atom. The fourth-order valence-corrected chi connectivity index (χ4v) is 4.87. The third kappa shape index (κ3) is 5.35. The van der Waals surface area contributed by atoms with Crippen LogP contribution in [-0.2, 0) is 6.42 Å². The highest BCUT2D eigenvalue weighted by molar-refractivity contribution is 5.97. The van der Waals surface area contributed by atoms with Gasteiger partial charge < -0.3 is 20.1 Å². The van der Waals surface area contributed by atoms with Gasteiger partial charge in [0.1, 0.15) is 5.69 Å². The maximum Gasteiger partial charge on any atom is 0.274 e. The first-order chi connectivity index (χ1) is 17.1. The smallest absolute Gasteiger partial charge is 0.274 e. The molecule has 7 nitrogen and oxygen atoms in total. The normalized spacial score (nSPS) is 19.9. The number of aliphatic hydroxyl groups is 1. The maximum absolute atomic E-state index is 13.1. The van der Waals surface area contributed by atoms with Crippen LogP contribution in [-0.4, -0.2) is 51.7 Å². The first kappa shape index (κ1) is 23.1. The van der Waals surface area contributed by atoms with Crippen molar-refractivity contribution in [1.29, 1.82) is 0 Å². The van der Waals surface area contributed by atoms with E-state index in [0.717, 1.165) is 53.4 Å². The first-order valence-corrected chi connectivity index (χ1v) is 12.1. The molecule has 35 heavy (non-hydrogen) atoms. The predicted octanol–water partition coefficient (Wildman–Crippen LogP) is 3.98. The monoisotopic (exact) mass is 470 g/mol. The summed E-state index contributed by atoms with van der Waals surface area (Å²) in [7, 11) is 1.60. The lowest BCUT2D eigenvalue weighted by atomic mass is 9.91. The summed E-state index contributed by atoms with van der Waals surface area (Å²) >= 11 is 0. The molecule has 7 heteroatoms. The van der Waals surface area contributed by atoms with Crippen molar-refractivity contribution in [1.82, 2.24) is 20.2 Å². The van der Waals surface area contributed by atoms with E-state index in [1.807, 2.05) is 60.8 Å². The molecule has 1 fully saturated rings. The van der Waals surface area contributed by atoms with Gasteiger partial charge in [-0.1, -0.05) is 24.3 Å². The van der Waals surface area contributed by atoms with Gasteiger partial charge in [0.15, 0.2) is 0 Å². The number of rotatable bonds is 6. The Kier molecular flexibility index (Phi) is 6.77. The summed E-state index contributed by atoms with van der Waals surface area (Å²) in [6, 6.07) is 13.9. The number of hydrogen-bond donors (Lipinski definition) is 2. The van der Waals surface area contributed by atoms with Gasteiger partial charge in [0.25, 0.3) is 5.91 Å². The van der Waals surface area contributed by atoms with Gasteiger partial charge in [0.2, 0.25) is 5.88 Å². The van der Waals surface area contributed by atoms with Crippen LogP contribution in [0.3, 0.4) is 0 Å². The van der Waals surface area contributed by atoms with Gasteiger partial charge in [0.05, 0.1) is 18.7 Å². The number of nitrogens with zero attached hydrogens (tertiary/aromatic N) is 3. The van der Waals surface area contributed by atoms with E-state index in [1.165, 1.54) is 0 Å². The molecule has 1 aliphatic carbocycles. The minimum Gasteiger partial charge on any atom is -0.481 e. The van der Waals surface area contributed by atoms with E-state index < -0.39 is 0 Å². The van der Waals surface area contributed by atoms with Crippen molar-refractivity contribution in [2.24, 2.45) is 0 Å². The Morgan fingerprint density at radius 1 is 1.23 bits per heavy atom. The highest BCUT2D eigenvalue weighted by Crippen LogP contribution is 2.25. The predicted molar refractivity (Wildman–Crippen MR) is 135 cm³/mol. The van der Waals surface area contributed by atoms with Crippen LogP contribution >= 0.6 is 0 Å². The van der Waals surface area contributed by atoms with Gasteiger partial charge in [-0.05, 0) is 67.5 Å². The fourth-order valence-electron chi connectivity index (χ4n) is 4.87. The summed E-state index contributed by atoms with van der Waals surface area (Å²) in [5.74, 6) is 0.336. The summed E-state index contributed by atoms with van der Waals surface area (Å²) in [6.07, 6.45) is 12.0. The van der Waals surface area contributed by atoms with E-state index in [1.54, 1.807) is 13.3 Å². The van der Waals surface area contributed by atoms with Crippen LogP contribution in [0.4, 0.5) is 0 Å². The molecule has 1 amide bonds. The summed E-state index contributed by atoms with van der Waals surface area (Å²) in [5, 5.41) is 14.0. The number of fused-ring (bicyclic) bond motifs is 1. The molecule has 5 rings (SSSR count). The Labute approximate surface area is 205 Å².